The summed E-state index contributed by atoms with van der Waals surface area (Å²) in [5, 5.41) is 16.3. The summed E-state index contributed by atoms with van der Waals surface area (Å²) in [6.07, 6.45) is 4.81. The summed E-state index contributed by atoms with van der Waals surface area (Å²) in [5.74, 6) is -0.732. The average molecular weight is 375 g/mol. The van der Waals surface area contributed by atoms with E-state index in [4.69, 9.17) is 0 Å². The van der Waals surface area contributed by atoms with Crippen LogP contribution in [0.3, 0.4) is 0 Å². The average Bonchev–Trinajstić information content (AvgIpc) is 3.18. The quantitative estimate of drug-likeness (QED) is 0.439. The van der Waals surface area contributed by atoms with Gasteiger partial charge in [0.15, 0.2) is 0 Å². The molecule has 3 N–H and O–H groups in total. The van der Waals surface area contributed by atoms with Crippen LogP contribution in [0.2, 0.25) is 0 Å². The fraction of sp³-hybridized carbons (Fsp3) is 0.583. The minimum Gasteiger partial charge on any atom is -0.314 e. The first-order valence-electron chi connectivity index (χ1n) is 7.40. The van der Waals surface area contributed by atoms with Crippen molar-refractivity contribution in [1.82, 2.24) is 35.7 Å². The number of aryl methyl sites for hydroxylation is 1. The zero-order chi connectivity index (χ0) is 18.0. The zero-order valence-corrected chi connectivity index (χ0v) is 13.8. The van der Waals surface area contributed by atoms with Crippen LogP contribution in [-0.2, 0) is 22.2 Å². The van der Waals surface area contributed by atoms with Crippen molar-refractivity contribution in [3.63, 3.8) is 0 Å². The van der Waals surface area contributed by atoms with Gasteiger partial charge in [-0.2, -0.15) is 17.2 Å². The summed E-state index contributed by atoms with van der Waals surface area (Å²) in [4.78, 5) is -2.36. The van der Waals surface area contributed by atoms with Crippen LogP contribution in [0, 0.1) is 5.92 Å². The van der Waals surface area contributed by atoms with E-state index >= 15 is 0 Å². The molecule has 1 aromatic rings. The van der Waals surface area contributed by atoms with E-state index in [-0.39, 0.29) is 18.2 Å². The van der Waals surface area contributed by atoms with E-state index in [0.717, 1.165) is 4.68 Å². The molecule has 0 amide bonds. The minimum absolute atomic E-state index is 0.0561. The first kappa shape index (κ1) is 16.5. The maximum Gasteiger partial charge on any atom is 0.317 e. The Morgan fingerprint density at radius 3 is 2.84 bits per heavy atom. The lowest BCUT2D eigenvalue weighted by Gasteiger charge is -2.34. The summed E-state index contributed by atoms with van der Waals surface area (Å²) in [6.45, 7) is -2.56. The van der Waals surface area contributed by atoms with Gasteiger partial charge in [0.2, 0.25) is 5.82 Å². The van der Waals surface area contributed by atoms with Gasteiger partial charge in [-0.25, -0.2) is 4.68 Å². The third-order valence-electron chi connectivity index (χ3n) is 4.94. The summed E-state index contributed by atoms with van der Waals surface area (Å²) in [6, 6.07) is 0. The van der Waals surface area contributed by atoms with Crippen LogP contribution >= 0.6 is 0 Å². The molecule has 1 spiro atoms. The lowest BCUT2D eigenvalue weighted by Crippen LogP contribution is -2.60. The summed E-state index contributed by atoms with van der Waals surface area (Å²) >= 11 is 0. The summed E-state index contributed by atoms with van der Waals surface area (Å²) < 4.78 is 63.8. The number of hydrogen-bond acceptors (Lipinski definition) is 8. The molecule has 0 aromatic carbocycles. The Balaban J connectivity index is 2.04. The number of aromatic nitrogens is 4. The van der Waals surface area contributed by atoms with E-state index in [2.05, 4.69) is 26.2 Å². The maximum atomic E-state index is 14.1. The molecular weight excluding hydrogens is 360 g/mol. The zero-order valence-electron chi connectivity index (χ0n) is 13.0. The number of nitrogens with one attached hydrogen (secondary N) is 2. The number of halogens is 2. The van der Waals surface area contributed by atoms with Gasteiger partial charge in [0.25, 0.3) is 4.99 Å². The highest BCUT2D eigenvalue weighted by atomic mass is 32.2. The second-order valence-electron chi connectivity index (χ2n) is 6.16. The van der Waals surface area contributed by atoms with E-state index in [1.807, 2.05) is 0 Å². The Kier molecular flexibility index (Phi) is 3.32. The standard InChI is InChI=1S/C12H15F2N7O3S/c1-20-9(16-18-19-20)12(25(22,23)24)17-11-6-15-5-7(11)3-2-4-8(11)21(12)10(13)14/h2-4,7,10,15,17H,5-6H2,1H3,(H,22,23,24). The number of tetrazole rings is 1. The Bertz CT molecular complexity index is 885. The van der Waals surface area contributed by atoms with E-state index < -0.39 is 33.0 Å². The Morgan fingerprint density at radius 1 is 1.48 bits per heavy atom. The van der Waals surface area contributed by atoms with Crippen molar-refractivity contribution < 1.29 is 21.8 Å². The Morgan fingerprint density at radius 2 is 2.24 bits per heavy atom. The monoisotopic (exact) mass is 375 g/mol. The number of rotatable bonds is 3. The molecule has 25 heavy (non-hydrogen) atoms. The van der Waals surface area contributed by atoms with E-state index in [1.54, 1.807) is 12.2 Å². The van der Waals surface area contributed by atoms with Crippen LogP contribution in [0.4, 0.5) is 8.78 Å². The molecule has 0 bridgehead atoms. The van der Waals surface area contributed by atoms with Crippen LogP contribution in [0.1, 0.15) is 5.82 Å². The van der Waals surface area contributed by atoms with Gasteiger partial charge in [-0.15, -0.1) is 5.10 Å². The molecule has 1 aromatic heterocycles. The summed E-state index contributed by atoms with van der Waals surface area (Å²) in [5.41, 5.74) is -1.08. The van der Waals surface area contributed by atoms with Crippen molar-refractivity contribution in [3.05, 3.63) is 29.7 Å². The Labute approximate surface area is 141 Å². The highest BCUT2D eigenvalue weighted by Crippen LogP contribution is 2.51. The van der Waals surface area contributed by atoms with Crippen LogP contribution in [0.5, 0.6) is 0 Å². The van der Waals surface area contributed by atoms with Crippen molar-refractivity contribution in [2.45, 2.75) is 17.1 Å². The molecule has 136 valence electrons. The van der Waals surface area contributed by atoms with Gasteiger partial charge in [0.05, 0.1) is 5.54 Å². The lowest BCUT2D eigenvalue weighted by molar-refractivity contribution is -0.0410. The molecule has 3 heterocycles. The largest absolute Gasteiger partial charge is 0.317 e. The number of nitrogens with zero attached hydrogens (tertiary/aromatic N) is 5. The topological polar surface area (TPSA) is 125 Å². The van der Waals surface area contributed by atoms with Crippen molar-refractivity contribution >= 4 is 10.1 Å². The third-order valence-corrected chi connectivity index (χ3v) is 6.17. The van der Waals surface area contributed by atoms with Crippen LogP contribution in [0.15, 0.2) is 23.9 Å². The Hall–Kier alpha value is -1.96. The van der Waals surface area contributed by atoms with Crippen LogP contribution < -0.4 is 10.6 Å². The third kappa shape index (κ3) is 1.91. The SMILES string of the molecule is Cn1nnnc1C1(S(=O)(=O)O)NC23CNCC2C=CC=C3N1C(F)F. The van der Waals surface area contributed by atoms with Crippen molar-refractivity contribution in [1.29, 1.82) is 0 Å². The number of allylic oxidation sites excluding steroid dienone is 2. The molecule has 0 radical (unpaired) electrons. The highest BCUT2D eigenvalue weighted by molar-refractivity contribution is 7.86. The molecule has 3 atom stereocenters. The molecule has 3 unspecified atom stereocenters. The second-order valence-corrected chi connectivity index (χ2v) is 7.70. The smallest absolute Gasteiger partial charge is 0.314 e. The highest BCUT2D eigenvalue weighted by Gasteiger charge is 2.70. The predicted molar refractivity (Wildman–Crippen MR) is 79.3 cm³/mol. The molecule has 1 aliphatic carbocycles. The van der Waals surface area contributed by atoms with Gasteiger partial charge in [-0.05, 0) is 16.5 Å². The molecule has 2 saturated heterocycles. The maximum absolute atomic E-state index is 14.1. The number of hydrogen-bond donors (Lipinski definition) is 3. The molecule has 4 rings (SSSR count). The van der Waals surface area contributed by atoms with Crippen molar-refractivity contribution in [2.24, 2.45) is 13.0 Å². The lowest BCUT2D eigenvalue weighted by atomic mass is 9.81. The molecule has 2 fully saturated rings. The predicted octanol–water partition coefficient (Wildman–Crippen LogP) is -1.25. The first-order valence-corrected chi connectivity index (χ1v) is 8.84. The van der Waals surface area contributed by atoms with E-state index in [0.29, 0.717) is 11.4 Å². The van der Waals surface area contributed by atoms with E-state index in [9.17, 15) is 21.8 Å². The van der Waals surface area contributed by atoms with Gasteiger partial charge < -0.3 is 5.32 Å². The van der Waals surface area contributed by atoms with Crippen molar-refractivity contribution in [3.8, 4) is 0 Å². The number of alkyl halides is 2. The van der Waals surface area contributed by atoms with Gasteiger partial charge in [-0.1, -0.05) is 12.2 Å². The normalized spacial score (nSPS) is 34.4. The fourth-order valence-electron chi connectivity index (χ4n) is 3.93. The van der Waals surface area contributed by atoms with Gasteiger partial charge in [0, 0.05) is 31.8 Å². The first-order chi connectivity index (χ1) is 11.7. The van der Waals surface area contributed by atoms with Gasteiger partial charge in [0.1, 0.15) is 0 Å². The van der Waals surface area contributed by atoms with E-state index in [1.165, 1.54) is 13.1 Å². The minimum atomic E-state index is -5.13. The second kappa shape index (κ2) is 5.03. The molecule has 0 saturated carbocycles. The molecule has 3 aliphatic rings. The van der Waals surface area contributed by atoms with Crippen LogP contribution in [0.25, 0.3) is 0 Å². The summed E-state index contributed by atoms with van der Waals surface area (Å²) in [7, 11) is -3.82. The molecule has 13 heteroatoms. The molecule has 10 nitrogen and oxygen atoms in total. The van der Waals surface area contributed by atoms with Crippen molar-refractivity contribution in [2.75, 3.05) is 13.1 Å². The molecule has 2 aliphatic heterocycles. The molecular formula is C12H15F2N7O3S. The van der Waals surface area contributed by atoms with Gasteiger partial charge >= 0.3 is 16.7 Å². The van der Waals surface area contributed by atoms with Crippen LogP contribution in [-0.4, -0.2) is 63.3 Å². The fourth-order valence-corrected chi connectivity index (χ4v) is 5.07. The van der Waals surface area contributed by atoms with Gasteiger partial charge in [-0.3, -0.25) is 14.8 Å².